The maximum absolute atomic E-state index is 12.3. The fraction of sp³-hybridized carbons (Fsp3) is 0.929. The molecule has 1 amide bonds. The summed E-state index contributed by atoms with van der Waals surface area (Å²) in [6, 6.07) is 0. The fourth-order valence-electron chi connectivity index (χ4n) is 9.26. The second-order valence-electron chi connectivity index (χ2n) is 12.5. The van der Waals surface area contributed by atoms with Gasteiger partial charge in [0.25, 0.3) is 0 Å². The van der Waals surface area contributed by atoms with Gasteiger partial charge in [0, 0.05) is 20.9 Å². The molecule has 4 fully saturated rings. The van der Waals surface area contributed by atoms with Crippen molar-refractivity contribution in [1.82, 2.24) is 5.32 Å². The molecule has 4 rings (SSSR count). The molecule has 0 radical (unpaired) electrons. The van der Waals surface area contributed by atoms with Gasteiger partial charge >= 0.3 is 0 Å². The maximum Gasteiger partial charge on any atom is 0.220 e. The van der Waals surface area contributed by atoms with Crippen LogP contribution in [0.5, 0.6) is 0 Å². The minimum absolute atomic E-state index is 0.187. The average Bonchev–Trinajstić information content (AvgIpc) is 3.10. The Bertz CT molecular complexity index is 719. The summed E-state index contributed by atoms with van der Waals surface area (Å²) in [5.41, 5.74) is 1.13. The van der Waals surface area contributed by atoms with Crippen LogP contribution >= 0.6 is 7.92 Å². The van der Waals surface area contributed by atoms with Crippen molar-refractivity contribution in [3.63, 3.8) is 0 Å². The summed E-state index contributed by atoms with van der Waals surface area (Å²) < 4.78 is 0. The average molecular weight is 459 g/mol. The van der Waals surface area contributed by atoms with Crippen LogP contribution in [0.4, 0.5) is 0 Å². The van der Waals surface area contributed by atoms with Gasteiger partial charge in [-0.1, -0.05) is 33.6 Å². The standard InChI is InChI=1S/C28H47N2OP/c1-20-18-22-8-5-6-14-27(22,2)24-13-15-28(3)21(11-12-23(28)26(20)24)9-7-10-25(31)30-16-17-32(4)19-29/h20-24,26H,5-18H2,1-4H3,(H,30,31). The maximum atomic E-state index is 12.3. The molecule has 0 bridgehead atoms. The van der Waals surface area contributed by atoms with Crippen LogP contribution < -0.4 is 5.32 Å². The van der Waals surface area contributed by atoms with Crippen LogP contribution in [0.15, 0.2) is 0 Å². The van der Waals surface area contributed by atoms with Gasteiger partial charge in [0.2, 0.25) is 5.91 Å². The summed E-state index contributed by atoms with van der Waals surface area (Å²) in [6.07, 6.45) is 16.9. The van der Waals surface area contributed by atoms with Gasteiger partial charge in [-0.05, 0) is 117 Å². The second-order valence-corrected chi connectivity index (χ2v) is 14.6. The number of hydrogen-bond donors (Lipinski definition) is 1. The van der Waals surface area contributed by atoms with E-state index in [1.807, 2.05) is 6.66 Å². The number of carbonyl (C=O) groups is 1. The third-order valence-electron chi connectivity index (χ3n) is 11.0. The fourth-order valence-corrected chi connectivity index (χ4v) is 9.81. The van der Waals surface area contributed by atoms with Gasteiger partial charge in [-0.2, -0.15) is 5.26 Å². The van der Waals surface area contributed by atoms with Crippen molar-refractivity contribution in [2.75, 3.05) is 19.4 Å². The van der Waals surface area contributed by atoms with E-state index < -0.39 is 7.92 Å². The number of rotatable bonds is 7. The zero-order chi connectivity index (χ0) is 22.9. The Hall–Kier alpha value is -0.610. The Kier molecular flexibility index (Phi) is 7.61. The molecule has 0 aromatic rings. The zero-order valence-electron chi connectivity index (χ0n) is 21.2. The molecule has 4 aliphatic rings. The van der Waals surface area contributed by atoms with Gasteiger partial charge < -0.3 is 5.32 Å². The molecule has 0 aromatic carbocycles. The third-order valence-corrected chi connectivity index (χ3v) is 12.3. The van der Waals surface area contributed by atoms with Gasteiger partial charge in [-0.15, -0.1) is 0 Å². The van der Waals surface area contributed by atoms with E-state index in [2.05, 4.69) is 31.9 Å². The smallest absolute Gasteiger partial charge is 0.220 e. The lowest BCUT2D eigenvalue weighted by Crippen LogP contribution is -2.55. The van der Waals surface area contributed by atoms with Gasteiger partial charge in [0.15, 0.2) is 0 Å². The van der Waals surface area contributed by atoms with Crippen LogP contribution in [0.3, 0.4) is 0 Å². The van der Waals surface area contributed by atoms with E-state index >= 15 is 0 Å². The van der Waals surface area contributed by atoms with Gasteiger partial charge in [0.1, 0.15) is 0 Å². The van der Waals surface area contributed by atoms with Crippen LogP contribution in [-0.4, -0.2) is 25.3 Å². The quantitative estimate of drug-likeness (QED) is 0.411. The minimum atomic E-state index is -0.573. The van der Waals surface area contributed by atoms with Gasteiger partial charge in [-0.3, -0.25) is 4.79 Å². The summed E-state index contributed by atoms with van der Waals surface area (Å²) >= 11 is 0. The number of fused-ring (bicyclic) bond motifs is 5. The summed E-state index contributed by atoms with van der Waals surface area (Å²) in [5.74, 6) is 8.04. The number of hydrogen-bond acceptors (Lipinski definition) is 2. The molecule has 0 aromatic heterocycles. The molecule has 3 nitrogen and oxygen atoms in total. The van der Waals surface area contributed by atoms with E-state index in [1.54, 1.807) is 0 Å². The van der Waals surface area contributed by atoms with Crippen molar-refractivity contribution < 1.29 is 4.79 Å². The molecular weight excluding hydrogens is 411 g/mol. The first-order chi connectivity index (χ1) is 15.3. The van der Waals surface area contributed by atoms with E-state index in [4.69, 9.17) is 5.26 Å². The summed E-state index contributed by atoms with van der Waals surface area (Å²) in [7, 11) is -0.573. The Morgan fingerprint density at radius 2 is 1.88 bits per heavy atom. The third kappa shape index (κ3) is 4.52. The normalized spacial score (nSPS) is 44.0. The number of nitrogens with one attached hydrogen (secondary N) is 1. The van der Waals surface area contributed by atoms with Crippen LogP contribution in [0.2, 0.25) is 0 Å². The molecule has 9 atom stereocenters. The summed E-state index contributed by atoms with van der Waals surface area (Å²) in [4.78, 5) is 12.3. The predicted octanol–water partition coefficient (Wildman–Crippen LogP) is 7.16. The molecular formula is C28H47N2OP. The van der Waals surface area contributed by atoms with Crippen molar-refractivity contribution in [2.45, 2.75) is 97.8 Å². The highest BCUT2D eigenvalue weighted by Crippen LogP contribution is 2.69. The van der Waals surface area contributed by atoms with Crippen LogP contribution in [-0.2, 0) is 4.79 Å². The Balaban J connectivity index is 1.33. The lowest BCUT2D eigenvalue weighted by molar-refractivity contribution is -0.135. The van der Waals surface area contributed by atoms with Crippen molar-refractivity contribution in [1.29, 1.82) is 5.26 Å². The van der Waals surface area contributed by atoms with Crippen LogP contribution in [0, 0.1) is 57.4 Å². The Morgan fingerprint density at radius 3 is 2.66 bits per heavy atom. The predicted molar refractivity (Wildman–Crippen MR) is 135 cm³/mol. The van der Waals surface area contributed by atoms with E-state index in [0.29, 0.717) is 23.8 Å². The molecule has 4 saturated carbocycles. The van der Waals surface area contributed by atoms with Crippen molar-refractivity contribution >= 4 is 13.8 Å². The SMILES string of the molecule is CC1CC2CCCCC2(C)C2CCC3(C)C(CCCC(=O)NCCP(C)C#N)CCC3C12. The van der Waals surface area contributed by atoms with E-state index in [1.165, 1.54) is 64.2 Å². The minimum Gasteiger partial charge on any atom is -0.356 e. The largest absolute Gasteiger partial charge is 0.356 e. The first-order valence-electron chi connectivity index (χ1n) is 13.7. The summed E-state index contributed by atoms with van der Waals surface area (Å²) in [5, 5.41) is 11.9. The Labute approximate surface area is 198 Å². The monoisotopic (exact) mass is 458 g/mol. The first-order valence-corrected chi connectivity index (χ1v) is 15.6. The lowest BCUT2D eigenvalue weighted by atomic mass is 9.43. The molecule has 0 spiro atoms. The highest BCUT2D eigenvalue weighted by Gasteiger charge is 2.61. The topological polar surface area (TPSA) is 52.9 Å². The molecule has 4 heteroatoms. The van der Waals surface area contributed by atoms with Crippen LogP contribution in [0.25, 0.3) is 0 Å². The molecule has 9 unspecified atom stereocenters. The molecule has 1 N–H and O–H groups in total. The van der Waals surface area contributed by atoms with Crippen molar-refractivity contribution in [2.24, 2.45) is 46.3 Å². The molecule has 32 heavy (non-hydrogen) atoms. The van der Waals surface area contributed by atoms with E-state index in [-0.39, 0.29) is 5.91 Å². The highest BCUT2D eigenvalue weighted by atomic mass is 31.1. The summed E-state index contributed by atoms with van der Waals surface area (Å²) in [6.45, 7) is 10.6. The molecule has 180 valence electrons. The lowest BCUT2D eigenvalue weighted by Gasteiger charge is -2.62. The van der Waals surface area contributed by atoms with Crippen molar-refractivity contribution in [3.05, 3.63) is 0 Å². The molecule has 0 aliphatic heterocycles. The number of nitriles is 1. The number of amides is 1. The second kappa shape index (κ2) is 9.94. The van der Waals surface area contributed by atoms with E-state index in [9.17, 15) is 4.79 Å². The van der Waals surface area contributed by atoms with E-state index in [0.717, 1.165) is 48.1 Å². The highest BCUT2D eigenvalue weighted by molar-refractivity contribution is 7.61. The first kappa shape index (κ1) is 24.5. The van der Waals surface area contributed by atoms with Crippen molar-refractivity contribution in [3.8, 4) is 5.81 Å². The zero-order valence-corrected chi connectivity index (χ0v) is 22.1. The number of nitrogens with zero attached hydrogens (tertiary/aromatic N) is 1. The van der Waals surface area contributed by atoms with Gasteiger partial charge in [-0.25, -0.2) is 0 Å². The number of carbonyl (C=O) groups excluding carboxylic acids is 1. The molecule has 4 aliphatic carbocycles. The molecule has 0 saturated heterocycles. The van der Waals surface area contributed by atoms with Crippen LogP contribution in [0.1, 0.15) is 97.8 Å². The Morgan fingerprint density at radius 1 is 1.09 bits per heavy atom. The molecule has 0 heterocycles. The van der Waals surface area contributed by atoms with Gasteiger partial charge in [0.05, 0.1) is 5.81 Å².